The summed E-state index contributed by atoms with van der Waals surface area (Å²) in [6.45, 7) is 4.82. The lowest BCUT2D eigenvalue weighted by atomic mass is 10.0. The van der Waals surface area contributed by atoms with E-state index in [4.69, 9.17) is 20.1 Å². The molecule has 0 aromatic carbocycles. The number of aliphatic carboxylic acids is 1. The zero-order valence-corrected chi connectivity index (χ0v) is 19.4. The fourth-order valence-corrected chi connectivity index (χ4v) is 3.05. The molecule has 0 spiro atoms. The highest BCUT2D eigenvalue weighted by Gasteiger charge is 1.98. The van der Waals surface area contributed by atoms with Crippen molar-refractivity contribution >= 4 is 5.97 Å². The predicted octanol–water partition coefficient (Wildman–Crippen LogP) is 6.10. The number of carboxylic acid groups (broad SMARTS) is 1. The highest BCUT2D eigenvalue weighted by atomic mass is 16.5. The van der Waals surface area contributed by atoms with Crippen molar-refractivity contribution < 1.29 is 24.9 Å². The lowest BCUT2D eigenvalue weighted by Gasteiger charge is -2.06. The molecule has 0 aromatic rings. The van der Waals surface area contributed by atoms with Gasteiger partial charge in [0.1, 0.15) is 0 Å². The van der Waals surface area contributed by atoms with Gasteiger partial charge < -0.3 is 20.1 Å². The average Bonchev–Trinajstić information content (AvgIpc) is 2.71. The van der Waals surface area contributed by atoms with Gasteiger partial charge in [-0.15, -0.1) is 0 Å². The molecule has 5 heteroatoms. The Bertz CT molecular complexity index is 310. The Kier molecular flexibility index (Phi) is 28.8. The maximum Gasteiger partial charge on any atom is 0.303 e. The molecule has 0 saturated heterocycles. The molecule has 5 nitrogen and oxygen atoms in total. The van der Waals surface area contributed by atoms with Gasteiger partial charge in [0.05, 0.1) is 25.9 Å². The zero-order valence-electron chi connectivity index (χ0n) is 19.4. The van der Waals surface area contributed by atoms with Crippen LogP contribution in [0.25, 0.3) is 0 Å². The van der Waals surface area contributed by atoms with Crippen molar-refractivity contribution in [3.63, 3.8) is 0 Å². The second-order valence-electron chi connectivity index (χ2n) is 7.95. The number of unbranched alkanes of at least 4 members (excludes halogenated alkanes) is 14. The zero-order chi connectivity index (χ0) is 22.0. The summed E-state index contributed by atoms with van der Waals surface area (Å²) < 4.78 is 4.84. The molecule has 0 bridgehead atoms. The summed E-state index contributed by atoms with van der Waals surface area (Å²) >= 11 is 0. The largest absolute Gasteiger partial charge is 0.481 e. The molecule has 0 radical (unpaired) electrons. The van der Waals surface area contributed by atoms with Crippen molar-refractivity contribution in [2.75, 3.05) is 19.8 Å². The third-order valence-corrected chi connectivity index (χ3v) is 5.01. The van der Waals surface area contributed by atoms with Crippen LogP contribution in [0.3, 0.4) is 0 Å². The van der Waals surface area contributed by atoms with Gasteiger partial charge in [0.2, 0.25) is 0 Å². The van der Waals surface area contributed by atoms with E-state index in [9.17, 15) is 4.79 Å². The number of hydrogen-bond donors (Lipinski definition) is 3. The summed E-state index contributed by atoms with van der Waals surface area (Å²) in [5, 5.41) is 25.6. The van der Waals surface area contributed by atoms with Crippen molar-refractivity contribution in [3.05, 3.63) is 0 Å². The minimum Gasteiger partial charge on any atom is -0.481 e. The molecule has 0 heterocycles. The van der Waals surface area contributed by atoms with E-state index in [-0.39, 0.29) is 12.7 Å². The van der Waals surface area contributed by atoms with Crippen LogP contribution < -0.4 is 0 Å². The monoisotopic (exact) mass is 418 g/mol. The first-order valence-electron chi connectivity index (χ1n) is 12.2. The van der Waals surface area contributed by atoms with Gasteiger partial charge in [-0.25, -0.2) is 0 Å². The van der Waals surface area contributed by atoms with E-state index < -0.39 is 5.97 Å². The van der Waals surface area contributed by atoms with Crippen LogP contribution in [0.1, 0.15) is 123 Å². The number of aliphatic hydroxyl groups is 2. The van der Waals surface area contributed by atoms with E-state index in [2.05, 4.69) is 6.92 Å². The van der Waals surface area contributed by atoms with Crippen molar-refractivity contribution in [1.29, 1.82) is 0 Å². The molecule has 0 fully saturated rings. The Labute approximate surface area is 180 Å². The maximum absolute atomic E-state index is 10.3. The Balaban J connectivity index is 0. The average molecular weight is 419 g/mol. The predicted molar refractivity (Wildman–Crippen MR) is 121 cm³/mol. The topological polar surface area (TPSA) is 87.0 Å². The SMILES string of the molecule is CCC(O)COCCO.CCCCCCCCCCCCCCCCCC(=O)O. The van der Waals surface area contributed by atoms with Gasteiger partial charge in [0, 0.05) is 6.42 Å². The second kappa shape index (κ2) is 27.4. The minimum absolute atomic E-state index is 0.0242. The number of hydrogen-bond acceptors (Lipinski definition) is 4. The highest BCUT2D eigenvalue weighted by molar-refractivity contribution is 5.66. The van der Waals surface area contributed by atoms with Crippen LogP contribution in [0.2, 0.25) is 0 Å². The number of aliphatic hydroxyl groups excluding tert-OH is 2. The van der Waals surface area contributed by atoms with Gasteiger partial charge in [0.25, 0.3) is 0 Å². The van der Waals surface area contributed by atoms with E-state index in [1.54, 1.807) is 0 Å². The standard InChI is InChI=1S/C18H36O2.C6H14O3/c1-2-3-4-5-6-7-8-9-10-11-12-13-14-15-16-17-18(19)20;1-2-6(8)5-9-4-3-7/h2-17H2,1H3,(H,19,20);6-8H,2-5H2,1H3. The first-order valence-corrected chi connectivity index (χ1v) is 12.2. The number of ether oxygens (including phenoxy) is 1. The number of rotatable bonds is 21. The van der Waals surface area contributed by atoms with Crippen LogP contribution in [-0.2, 0) is 9.53 Å². The van der Waals surface area contributed by atoms with Crippen molar-refractivity contribution in [2.45, 2.75) is 129 Å². The fraction of sp³-hybridized carbons (Fsp3) is 0.958. The van der Waals surface area contributed by atoms with Crippen molar-refractivity contribution in [1.82, 2.24) is 0 Å². The van der Waals surface area contributed by atoms with Gasteiger partial charge in [-0.1, -0.05) is 104 Å². The lowest BCUT2D eigenvalue weighted by molar-refractivity contribution is -0.137. The fourth-order valence-electron chi connectivity index (χ4n) is 3.05. The van der Waals surface area contributed by atoms with E-state index in [0.29, 0.717) is 26.1 Å². The summed E-state index contributed by atoms with van der Waals surface area (Å²) in [6, 6.07) is 0. The molecule has 1 unspecified atom stereocenters. The third-order valence-electron chi connectivity index (χ3n) is 5.01. The number of carboxylic acids is 1. The van der Waals surface area contributed by atoms with Gasteiger partial charge in [-0.05, 0) is 12.8 Å². The molecule has 0 aliphatic rings. The van der Waals surface area contributed by atoms with Crippen LogP contribution in [-0.4, -0.2) is 47.2 Å². The third kappa shape index (κ3) is 32.2. The molecule has 0 aliphatic carbocycles. The van der Waals surface area contributed by atoms with E-state index in [1.165, 1.54) is 83.5 Å². The Morgan fingerprint density at radius 2 is 1.17 bits per heavy atom. The van der Waals surface area contributed by atoms with Crippen molar-refractivity contribution in [2.24, 2.45) is 0 Å². The van der Waals surface area contributed by atoms with Gasteiger partial charge >= 0.3 is 5.97 Å². The molecule has 0 rings (SSSR count). The molecular weight excluding hydrogens is 368 g/mol. The summed E-state index contributed by atoms with van der Waals surface area (Å²) in [4.78, 5) is 10.3. The molecule has 0 saturated carbocycles. The Hall–Kier alpha value is -0.650. The van der Waals surface area contributed by atoms with Crippen LogP contribution in [0.4, 0.5) is 0 Å². The molecule has 1 atom stereocenters. The Morgan fingerprint density at radius 1 is 0.759 bits per heavy atom. The summed E-state index contributed by atoms with van der Waals surface area (Å²) in [6.07, 6.45) is 20.5. The minimum atomic E-state index is -0.653. The molecule has 0 aliphatic heterocycles. The van der Waals surface area contributed by atoms with E-state index in [1.807, 2.05) is 6.92 Å². The van der Waals surface area contributed by atoms with Crippen LogP contribution in [0.5, 0.6) is 0 Å². The second-order valence-corrected chi connectivity index (χ2v) is 7.95. The summed E-state index contributed by atoms with van der Waals surface area (Å²) in [5.41, 5.74) is 0. The van der Waals surface area contributed by atoms with Gasteiger partial charge in [-0.2, -0.15) is 0 Å². The molecular formula is C24H50O5. The normalized spacial score (nSPS) is 11.7. The highest BCUT2D eigenvalue weighted by Crippen LogP contribution is 2.13. The van der Waals surface area contributed by atoms with E-state index >= 15 is 0 Å². The number of carbonyl (C=O) groups is 1. The molecule has 0 amide bonds. The van der Waals surface area contributed by atoms with E-state index in [0.717, 1.165) is 12.8 Å². The first kappa shape index (κ1) is 30.5. The molecule has 176 valence electrons. The van der Waals surface area contributed by atoms with Crippen LogP contribution in [0, 0.1) is 0 Å². The maximum atomic E-state index is 10.3. The quantitative estimate of drug-likeness (QED) is 0.196. The smallest absolute Gasteiger partial charge is 0.303 e. The van der Waals surface area contributed by atoms with Crippen LogP contribution >= 0.6 is 0 Å². The van der Waals surface area contributed by atoms with Gasteiger partial charge in [-0.3, -0.25) is 4.79 Å². The van der Waals surface area contributed by atoms with Crippen LogP contribution in [0.15, 0.2) is 0 Å². The Morgan fingerprint density at radius 3 is 1.52 bits per heavy atom. The van der Waals surface area contributed by atoms with Gasteiger partial charge in [0.15, 0.2) is 0 Å². The summed E-state index contributed by atoms with van der Waals surface area (Å²) in [5.74, 6) is -0.653. The summed E-state index contributed by atoms with van der Waals surface area (Å²) in [7, 11) is 0. The molecule has 3 N–H and O–H groups in total. The molecule has 29 heavy (non-hydrogen) atoms. The lowest BCUT2D eigenvalue weighted by Crippen LogP contribution is -2.15. The first-order chi connectivity index (χ1) is 14.1. The van der Waals surface area contributed by atoms with Crippen molar-refractivity contribution in [3.8, 4) is 0 Å². The molecule has 0 aromatic heterocycles.